The lowest BCUT2D eigenvalue weighted by atomic mass is 10.3. The number of aliphatic imine (C=N–C) groups is 1. The second kappa shape index (κ2) is 5.47. The molecule has 0 bridgehead atoms. The van der Waals surface area contributed by atoms with E-state index in [1.807, 2.05) is 18.2 Å². The zero-order chi connectivity index (χ0) is 11.4. The van der Waals surface area contributed by atoms with Crippen molar-refractivity contribution in [2.45, 2.75) is 4.90 Å². The third-order valence-corrected chi connectivity index (χ3v) is 3.74. The first kappa shape index (κ1) is 11.6. The van der Waals surface area contributed by atoms with E-state index >= 15 is 0 Å². The molecule has 1 aromatic rings. The van der Waals surface area contributed by atoms with E-state index in [4.69, 9.17) is 0 Å². The Hall–Kier alpha value is -0.850. The molecule has 1 atom stereocenters. The van der Waals surface area contributed by atoms with E-state index in [2.05, 4.69) is 15.2 Å². The van der Waals surface area contributed by atoms with Gasteiger partial charge in [0.1, 0.15) is 6.26 Å². The predicted molar refractivity (Wildman–Crippen MR) is 68.1 cm³/mol. The zero-order valence-corrected chi connectivity index (χ0v) is 10.4. The number of hydrogen-bond donors (Lipinski definition) is 0. The monoisotopic (exact) mass is 253 g/mol. The second-order valence-electron chi connectivity index (χ2n) is 3.16. The van der Waals surface area contributed by atoms with Crippen LogP contribution >= 0.6 is 11.8 Å². The van der Waals surface area contributed by atoms with Gasteiger partial charge in [-0.1, -0.05) is 17.8 Å². The van der Waals surface area contributed by atoms with Crippen LogP contribution in [0.5, 0.6) is 0 Å². The van der Waals surface area contributed by atoms with Gasteiger partial charge in [0.15, 0.2) is 4.90 Å². The normalized spacial score (nSPS) is 17.8. The molecule has 16 heavy (non-hydrogen) atoms. The summed E-state index contributed by atoms with van der Waals surface area (Å²) in [6.07, 6.45) is 1.65. The Labute approximate surface area is 101 Å². The molecule has 0 aliphatic carbocycles. The molecule has 0 saturated carbocycles. The van der Waals surface area contributed by atoms with Crippen molar-refractivity contribution in [3.63, 3.8) is 0 Å². The summed E-state index contributed by atoms with van der Waals surface area (Å²) in [4.78, 5) is 4.93. The number of amidine groups is 1. The molecule has 0 aromatic heterocycles. The Bertz CT molecular complexity index is 432. The van der Waals surface area contributed by atoms with Crippen LogP contribution in [-0.2, 0) is 11.2 Å². The van der Waals surface area contributed by atoms with Gasteiger partial charge in [0.25, 0.3) is 0 Å². The average Bonchev–Trinajstić information content (AvgIpc) is 2.79. The van der Waals surface area contributed by atoms with Crippen LogP contribution in [0.1, 0.15) is 0 Å². The summed E-state index contributed by atoms with van der Waals surface area (Å²) in [5.41, 5.74) is 0.711. The number of hydrogen-bond acceptors (Lipinski definition) is 5. The minimum atomic E-state index is -0.982. The van der Waals surface area contributed by atoms with Crippen LogP contribution in [0, 0.1) is 0 Å². The molecule has 4 nitrogen and oxygen atoms in total. The van der Waals surface area contributed by atoms with Crippen LogP contribution in [0.25, 0.3) is 0 Å². The molecule has 0 saturated heterocycles. The molecule has 0 radical (unpaired) electrons. The Kier molecular flexibility index (Phi) is 3.98. The fraction of sp³-hybridized carbons (Fsp3) is 0.300. The lowest BCUT2D eigenvalue weighted by molar-refractivity contribution is 0.601. The van der Waals surface area contributed by atoms with Crippen molar-refractivity contribution in [1.29, 1.82) is 0 Å². The minimum Gasteiger partial charge on any atom is -0.612 e. The second-order valence-corrected chi connectivity index (χ2v) is 5.61. The van der Waals surface area contributed by atoms with Gasteiger partial charge in [-0.05, 0) is 23.3 Å². The highest BCUT2D eigenvalue weighted by molar-refractivity contribution is 8.14. The summed E-state index contributed by atoms with van der Waals surface area (Å²) < 4.78 is 11.3. The maximum atomic E-state index is 11.3. The molecule has 0 fully saturated rings. The molecule has 1 unspecified atom stereocenters. The molecule has 2 rings (SSSR count). The maximum Gasteiger partial charge on any atom is 0.204 e. The number of nitrogens with zero attached hydrogens (tertiary/aromatic N) is 3. The van der Waals surface area contributed by atoms with Gasteiger partial charge in [0.2, 0.25) is 5.17 Å². The summed E-state index contributed by atoms with van der Waals surface area (Å²) in [5, 5.41) is 8.83. The maximum absolute atomic E-state index is 11.3. The van der Waals surface area contributed by atoms with Crippen molar-refractivity contribution in [3.05, 3.63) is 24.3 Å². The third-order valence-electron chi connectivity index (χ3n) is 1.97. The van der Waals surface area contributed by atoms with Crippen LogP contribution in [0.2, 0.25) is 0 Å². The highest BCUT2D eigenvalue weighted by atomic mass is 32.2. The highest BCUT2D eigenvalue weighted by Crippen LogP contribution is 2.20. The molecule has 6 heteroatoms. The molecular weight excluding hydrogens is 242 g/mol. The Morgan fingerprint density at radius 1 is 1.44 bits per heavy atom. The smallest absolute Gasteiger partial charge is 0.204 e. The van der Waals surface area contributed by atoms with Gasteiger partial charge in [0.05, 0.1) is 12.2 Å². The van der Waals surface area contributed by atoms with Gasteiger partial charge >= 0.3 is 0 Å². The van der Waals surface area contributed by atoms with E-state index in [9.17, 15) is 4.55 Å². The largest absolute Gasteiger partial charge is 0.612 e. The van der Waals surface area contributed by atoms with E-state index < -0.39 is 11.2 Å². The summed E-state index contributed by atoms with van der Waals surface area (Å²) in [7, 11) is 0. The number of rotatable bonds is 2. The lowest BCUT2D eigenvalue weighted by Gasteiger charge is -2.03. The van der Waals surface area contributed by atoms with Gasteiger partial charge < -0.3 is 4.55 Å². The van der Waals surface area contributed by atoms with Crippen LogP contribution in [-0.4, -0.2) is 28.3 Å². The van der Waals surface area contributed by atoms with Crippen LogP contribution in [0.3, 0.4) is 0 Å². The first-order valence-electron chi connectivity index (χ1n) is 4.78. The Balaban J connectivity index is 2.11. The summed E-state index contributed by atoms with van der Waals surface area (Å²) in [6.45, 7) is 0.817. The molecule has 1 aromatic carbocycles. The number of thioether (sulfide) groups is 1. The average molecular weight is 253 g/mol. The van der Waals surface area contributed by atoms with Crippen LogP contribution in [0.4, 0.5) is 5.69 Å². The number of benzene rings is 1. The first-order chi connectivity index (χ1) is 7.75. The van der Waals surface area contributed by atoms with E-state index in [0.29, 0.717) is 5.69 Å². The number of azo groups is 1. The first-order valence-corrected chi connectivity index (χ1v) is 7.32. The molecule has 1 aliphatic rings. The van der Waals surface area contributed by atoms with E-state index in [0.717, 1.165) is 22.4 Å². The van der Waals surface area contributed by atoms with Crippen molar-refractivity contribution in [3.8, 4) is 0 Å². The van der Waals surface area contributed by atoms with Crippen LogP contribution in [0.15, 0.2) is 44.4 Å². The third kappa shape index (κ3) is 3.07. The SMILES string of the molecule is C[S+]([O-])c1cccc(/N=N/C2=NCCS2)c1. The molecule has 0 spiro atoms. The summed E-state index contributed by atoms with van der Waals surface area (Å²) in [5.74, 6) is 0.980. The van der Waals surface area contributed by atoms with Gasteiger partial charge in [-0.2, -0.15) is 0 Å². The van der Waals surface area contributed by atoms with Crippen molar-refractivity contribution >= 4 is 33.8 Å². The van der Waals surface area contributed by atoms with Crippen molar-refractivity contribution in [2.75, 3.05) is 18.6 Å². The van der Waals surface area contributed by atoms with Gasteiger partial charge in [0, 0.05) is 11.8 Å². The standard InChI is InChI=1S/C10H11N3OS2/c1-16(14)9-4-2-3-8(7-9)12-13-10-11-5-6-15-10/h2-4,7H,5-6H2,1H3/b13-12+. The van der Waals surface area contributed by atoms with E-state index in [1.165, 1.54) is 0 Å². The van der Waals surface area contributed by atoms with Gasteiger partial charge in [-0.3, -0.25) is 4.99 Å². The molecule has 84 valence electrons. The molecular formula is C10H11N3OS2. The minimum absolute atomic E-state index is 0.711. The van der Waals surface area contributed by atoms with Gasteiger partial charge in [-0.15, -0.1) is 10.2 Å². The van der Waals surface area contributed by atoms with Crippen molar-refractivity contribution < 1.29 is 4.55 Å². The lowest BCUT2D eigenvalue weighted by Crippen LogP contribution is -1.95. The van der Waals surface area contributed by atoms with E-state index in [1.54, 1.807) is 24.1 Å². The highest BCUT2D eigenvalue weighted by Gasteiger charge is 2.06. The molecule has 0 N–H and O–H groups in total. The van der Waals surface area contributed by atoms with Crippen molar-refractivity contribution in [2.24, 2.45) is 15.2 Å². The van der Waals surface area contributed by atoms with Crippen LogP contribution < -0.4 is 0 Å². The Morgan fingerprint density at radius 2 is 2.31 bits per heavy atom. The summed E-state index contributed by atoms with van der Waals surface area (Å²) >= 11 is 0.620. The summed E-state index contributed by atoms with van der Waals surface area (Å²) in [6, 6.07) is 7.26. The molecule has 1 heterocycles. The zero-order valence-electron chi connectivity index (χ0n) is 8.79. The quantitative estimate of drug-likeness (QED) is 0.601. The molecule has 0 amide bonds. The fourth-order valence-electron chi connectivity index (χ4n) is 1.21. The molecule has 1 aliphatic heterocycles. The van der Waals surface area contributed by atoms with E-state index in [-0.39, 0.29) is 0 Å². The van der Waals surface area contributed by atoms with Crippen molar-refractivity contribution in [1.82, 2.24) is 0 Å². The fourth-order valence-corrected chi connectivity index (χ4v) is 2.41. The predicted octanol–water partition coefficient (Wildman–Crippen LogP) is 2.61. The Morgan fingerprint density at radius 3 is 3.00 bits per heavy atom. The topological polar surface area (TPSA) is 60.1 Å². The van der Waals surface area contributed by atoms with Gasteiger partial charge in [-0.25, -0.2) is 0 Å².